The third-order valence-electron chi connectivity index (χ3n) is 2.06. The molecule has 0 bridgehead atoms. The number of aryl methyl sites for hydroxylation is 1. The lowest BCUT2D eigenvalue weighted by molar-refractivity contribution is 0.795. The Bertz CT molecular complexity index is 277. The van der Waals surface area contributed by atoms with E-state index in [1.54, 1.807) is 0 Å². The number of hydrogen-bond acceptors (Lipinski definition) is 1. The zero-order valence-corrected chi connectivity index (χ0v) is 8.73. The monoisotopic (exact) mass is 193 g/mol. The van der Waals surface area contributed by atoms with Gasteiger partial charge >= 0.3 is 0 Å². The van der Waals surface area contributed by atoms with Crippen LogP contribution in [-0.4, -0.2) is 4.99 Å². The van der Waals surface area contributed by atoms with Crippen LogP contribution in [-0.2, 0) is 6.42 Å². The van der Waals surface area contributed by atoms with Gasteiger partial charge in [0.1, 0.15) is 4.99 Å². The van der Waals surface area contributed by atoms with Crippen molar-refractivity contribution in [3.05, 3.63) is 35.4 Å². The standard InChI is InChI=1S/C11H15NS/c1-2-3-4-9-5-7-10(8-6-9)11(12)13/h5-8H,2-4H2,1H3,(H2,12,13). The first-order chi connectivity index (χ1) is 6.24. The summed E-state index contributed by atoms with van der Waals surface area (Å²) in [5.74, 6) is 0. The van der Waals surface area contributed by atoms with E-state index in [1.807, 2.05) is 12.1 Å². The van der Waals surface area contributed by atoms with Gasteiger partial charge < -0.3 is 5.73 Å². The van der Waals surface area contributed by atoms with Gasteiger partial charge in [0, 0.05) is 5.56 Å². The number of thiocarbonyl (C=S) groups is 1. The molecule has 0 aliphatic rings. The molecule has 0 heterocycles. The number of nitrogens with two attached hydrogens (primary N) is 1. The molecular weight excluding hydrogens is 178 g/mol. The van der Waals surface area contributed by atoms with Crippen molar-refractivity contribution in [1.82, 2.24) is 0 Å². The van der Waals surface area contributed by atoms with E-state index in [4.69, 9.17) is 18.0 Å². The Morgan fingerprint density at radius 1 is 1.31 bits per heavy atom. The van der Waals surface area contributed by atoms with Gasteiger partial charge in [-0.15, -0.1) is 0 Å². The van der Waals surface area contributed by atoms with E-state index in [2.05, 4.69) is 19.1 Å². The average molecular weight is 193 g/mol. The van der Waals surface area contributed by atoms with Gasteiger partial charge in [-0.3, -0.25) is 0 Å². The molecule has 13 heavy (non-hydrogen) atoms. The molecule has 2 N–H and O–H groups in total. The molecule has 1 aromatic carbocycles. The van der Waals surface area contributed by atoms with Crippen molar-refractivity contribution < 1.29 is 0 Å². The number of unbranched alkanes of at least 4 members (excludes halogenated alkanes) is 1. The van der Waals surface area contributed by atoms with Crippen molar-refractivity contribution in [3.63, 3.8) is 0 Å². The van der Waals surface area contributed by atoms with Crippen LogP contribution in [0.1, 0.15) is 30.9 Å². The minimum Gasteiger partial charge on any atom is -0.389 e. The Balaban J connectivity index is 2.64. The molecule has 0 spiro atoms. The predicted octanol–water partition coefficient (Wildman–Crippen LogP) is 2.66. The Morgan fingerprint density at radius 3 is 2.38 bits per heavy atom. The van der Waals surface area contributed by atoms with Crippen molar-refractivity contribution in [2.24, 2.45) is 5.73 Å². The zero-order chi connectivity index (χ0) is 9.68. The van der Waals surface area contributed by atoms with Crippen LogP contribution in [0.4, 0.5) is 0 Å². The average Bonchev–Trinajstić information content (AvgIpc) is 2.15. The minimum absolute atomic E-state index is 0.474. The van der Waals surface area contributed by atoms with Crippen molar-refractivity contribution in [2.75, 3.05) is 0 Å². The Morgan fingerprint density at radius 2 is 1.92 bits per heavy atom. The van der Waals surface area contributed by atoms with Crippen molar-refractivity contribution >= 4 is 17.2 Å². The molecule has 0 aliphatic carbocycles. The fraction of sp³-hybridized carbons (Fsp3) is 0.364. The van der Waals surface area contributed by atoms with Gasteiger partial charge in [0.2, 0.25) is 0 Å². The SMILES string of the molecule is CCCCc1ccc(C(N)=S)cc1. The summed E-state index contributed by atoms with van der Waals surface area (Å²) in [6.45, 7) is 2.20. The first kappa shape index (κ1) is 10.2. The summed E-state index contributed by atoms with van der Waals surface area (Å²) < 4.78 is 0. The number of hydrogen-bond donors (Lipinski definition) is 1. The Hall–Kier alpha value is -0.890. The topological polar surface area (TPSA) is 26.0 Å². The molecule has 2 heteroatoms. The van der Waals surface area contributed by atoms with Crippen molar-refractivity contribution in [1.29, 1.82) is 0 Å². The van der Waals surface area contributed by atoms with E-state index < -0.39 is 0 Å². The molecule has 1 nitrogen and oxygen atoms in total. The van der Waals surface area contributed by atoms with E-state index in [0.29, 0.717) is 4.99 Å². The van der Waals surface area contributed by atoms with E-state index in [1.165, 1.54) is 18.4 Å². The van der Waals surface area contributed by atoms with Crippen LogP contribution in [0.25, 0.3) is 0 Å². The number of benzene rings is 1. The molecule has 70 valence electrons. The summed E-state index contributed by atoms with van der Waals surface area (Å²) in [4.78, 5) is 0.474. The minimum atomic E-state index is 0.474. The van der Waals surface area contributed by atoms with E-state index in [-0.39, 0.29) is 0 Å². The molecule has 0 saturated carbocycles. The van der Waals surface area contributed by atoms with Gasteiger partial charge in [0.15, 0.2) is 0 Å². The molecule has 0 unspecified atom stereocenters. The van der Waals surface area contributed by atoms with Crippen LogP contribution in [0.3, 0.4) is 0 Å². The second-order valence-electron chi connectivity index (χ2n) is 3.16. The highest BCUT2D eigenvalue weighted by atomic mass is 32.1. The molecule has 0 fully saturated rings. The van der Waals surface area contributed by atoms with Gasteiger partial charge in [0.25, 0.3) is 0 Å². The largest absolute Gasteiger partial charge is 0.389 e. The van der Waals surface area contributed by atoms with Crippen molar-refractivity contribution in [3.8, 4) is 0 Å². The van der Waals surface area contributed by atoms with Crippen LogP contribution in [0.15, 0.2) is 24.3 Å². The third kappa shape index (κ3) is 3.15. The summed E-state index contributed by atoms with van der Waals surface area (Å²) in [5, 5.41) is 0. The summed E-state index contributed by atoms with van der Waals surface area (Å²) in [6, 6.07) is 8.19. The molecule has 0 aliphatic heterocycles. The first-order valence-electron chi connectivity index (χ1n) is 4.62. The summed E-state index contributed by atoms with van der Waals surface area (Å²) >= 11 is 4.87. The highest BCUT2D eigenvalue weighted by Crippen LogP contribution is 2.07. The van der Waals surface area contributed by atoms with E-state index >= 15 is 0 Å². The van der Waals surface area contributed by atoms with Crippen LogP contribution < -0.4 is 5.73 Å². The molecule has 0 atom stereocenters. The first-order valence-corrected chi connectivity index (χ1v) is 5.03. The summed E-state index contributed by atoms with van der Waals surface area (Å²) in [6.07, 6.45) is 3.62. The molecule has 0 aromatic heterocycles. The van der Waals surface area contributed by atoms with Gasteiger partial charge in [-0.2, -0.15) is 0 Å². The summed E-state index contributed by atoms with van der Waals surface area (Å²) in [7, 11) is 0. The van der Waals surface area contributed by atoms with E-state index in [0.717, 1.165) is 12.0 Å². The van der Waals surface area contributed by atoms with Crippen molar-refractivity contribution in [2.45, 2.75) is 26.2 Å². The van der Waals surface area contributed by atoms with Crippen LogP contribution in [0, 0.1) is 0 Å². The second kappa shape index (κ2) is 4.97. The smallest absolute Gasteiger partial charge is 0.103 e. The second-order valence-corrected chi connectivity index (χ2v) is 3.60. The maximum absolute atomic E-state index is 5.50. The van der Waals surface area contributed by atoms with E-state index in [9.17, 15) is 0 Å². The fourth-order valence-corrected chi connectivity index (χ4v) is 1.35. The Labute approximate surface area is 85.0 Å². The molecule has 0 radical (unpaired) electrons. The van der Waals surface area contributed by atoms with Gasteiger partial charge in [-0.05, 0) is 18.4 Å². The highest BCUT2D eigenvalue weighted by molar-refractivity contribution is 7.80. The number of rotatable bonds is 4. The molecule has 1 rings (SSSR count). The molecule has 1 aromatic rings. The van der Waals surface area contributed by atoms with Gasteiger partial charge in [-0.1, -0.05) is 49.8 Å². The lowest BCUT2D eigenvalue weighted by atomic mass is 10.1. The molecule has 0 amide bonds. The maximum atomic E-state index is 5.50. The van der Waals surface area contributed by atoms with Crippen LogP contribution >= 0.6 is 12.2 Å². The third-order valence-corrected chi connectivity index (χ3v) is 2.29. The van der Waals surface area contributed by atoms with Crippen LogP contribution in [0.5, 0.6) is 0 Å². The lowest BCUT2D eigenvalue weighted by Crippen LogP contribution is -2.08. The normalized spacial score (nSPS) is 9.92. The molecular formula is C11H15NS. The predicted molar refractivity (Wildman–Crippen MR) is 60.9 cm³/mol. The summed E-state index contributed by atoms with van der Waals surface area (Å²) in [5.41, 5.74) is 7.81. The fourth-order valence-electron chi connectivity index (χ4n) is 1.22. The quantitative estimate of drug-likeness (QED) is 0.744. The highest BCUT2D eigenvalue weighted by Gasteiger charge is 1.95. The van der Waals surface area contributed by atoms with Crippen LogP contribution in [0.2, 0.25) is 0 Å². The van der Waals surface area contributed by atoms with Gasteiger partial charge in [0.05, 0.1) is 0 Å². The van der Waals surface area contributed by atoms with Gasteiger partial charge in [-0.25, -0.2) is 0 Å². The zero-order valence-electron chi connectivity index (χ0n) is 7.92. The lowest BCUT2D eigenvalue weighted by Gasteiger charge is -2.01. The maximum Gasteiger partial charge on any atom is 0.103 e. The Kier molecular flexibility index (Phi) is 3.90. The molecule has 0 saturated heterocycles.